The van der Waals surface area contributed by atoms with Crippen LogP contribution in [-0.2, 0) is 16.1 Å². The van der Waals surface area contributed by atoms with E-state index in [-0.39, 0.29) is 24.2 Å². The van der Waals surface area contributed by atoms with Crippen molar-refractivity contribution in [3.63, 3.8) is 0 Å². The first-order valence-electron chi connectivity index (χ1n) is 9.22. The first-order chi connectivity index (χ1) is 12.5. The maximum Gasteiger partial charge on any atom is 0.236 e. The van der Waals surface area contributed by atoms with E-state index in [0.717, 1.165) is 39.0 Å². The van der Waals surface area contributed by atoms with Crippen molar-refractivity contribution >= 4 is 11.8 Å². The standard InChI is InChI=1S/C19H27FN4O2/c1-22(12-15-4-2-3-5-17(15)20)19(26)14-24-10-8-23(9-11-24)13-18(25)21-16-6-7-16/h2-5,16H,6-14H2,1H3,(H,21,25). The summed E-state index contributed by atoms with van der Waals surface area (Å²) in [4.78, 5) is 30.0. The van der Waals surface area contributed by atoms with Gasteiger partial charge in [0.15, 0.2) is 0 Å². The third kappa shape index (κ3) is 5.51. The molecule has 26 heavy (non-hydrogen) atoms. The van der Waals surface area contributed by atoms with Crippen LogP contribution in [0.3, 0.4) is 0 Å². The van der Waals surface area contributed by atoms with Gasteiger partial charge in [-0.2, -0.15) is 0 Å². The van der Waals surface area contributed by atoms with Crippen LogP contribution >= 0.6 is 0 Å². The average molecular weight is 362 g/mol. The van der Waals surface area contributed by atoms with Crippen molar-refractivity contribution in [2.45, 2.75) is 25.4 Å². The quantitative estimate of drug-likeness (QED) is 0.775. The van der Waals surface area contributed by atoms with Crippen LogP contribution in [0.1, 0.15) is 18.4 Å². The van der Waals surface area contributed by atoms with E-state index in [1.54, 1.807) is 30.1 Å². The van der Waals surface area contributed by atoms with Crippen LogP contribution in [-0.4, -0.2) is 78.9 Å². The van der Waals surface area contributed by atoms with Gasteiger partial charge < -0.3 is 10.2 Å². The van der Waals surface area contributed by atoms with Crippen molar-refractivity contribution in [2.75, 3.05) is 46.3 Å². The summed E-state index contributed by atoms with van der Waals surface area (Å²) < 4.78 is 13.7. The SMILES string of the molecule is CN(Cc1ccccc1F)C(=O)CN1CCN(CC(=O)NC2CC2)CC1. The molecule has 6 nitrogen and oxygen atoms in total. The topological polar surface area (TPSA) is 55.9 Å². The molecule has 1 aromatic rings. The highest BCUT2D eigenvalue weighted by Gasteiger charge is 2.26. The summed E-state index contributed by atoms with van der Waals surface area (Å²) in [6, 6.07) is 6.92. The Hall–Kier alpha value is -1.99. The average Bonchev–Trinajstić information content (AvgIpc) is 3.42. The van der Waals surface area contributed by atoms with E-state index < -0.39 is 0 Å². The summed E-state index contributed by atoms with van der Waals surface area (Å²) in [6.45, 7) is 4.11. The van der Waals surface area contributed by atoms with Crippen LogP contribution in [0.5, 0.6) is 0 Å². The maximum atomic E-state index is 13.7. The predicted molar refractivity (Wildman–Crippen MR) is 96.9 cm³/mol. The van der Waals surface area contributed by atoms with E-state index in [1.165, 1.54) is 6.07 Å². The Bertz CT molecular complexity index is 642. The minimum atomic E-state index is -0.287. The monoisotopic (exact) mass is 362 g/mol. The van der Waals surface area contributed by atoms with E-state index >= 15 is 0 Å². The molecular weight excluding hydrogens is 335 g/mol. The first-order valence-corrected chi connectivity index (χ1v) is 9.22. The fourth-order valence-corrected chi connectivity index (χ4v) is 3.09. The highest BCUT2D eigenvalue weighted by Crippen LogP contribution is 2.18. The Morgan fingerprint density at radius 1 is 1.12 bits per heavy atom. The van der Waals surface area contributed by atoms with Gasteiger partial charge in [0.25, 0.3) is 0 Å². The largest absolute Gasteiger partial charge is 0.352 e. The highest BCUT2D eigenvalue weighted by molar-refractivity contribution is 5.79. The molecule has 1 aliphatic carbocycles. The van der Waals surface area contributed by atoms with Crippen molar-refractivity contribution in [3.8, 4) is 0 Å². The molecule has 0 atom stereocenters. The molecule has 1 N–H and O–H groups in total. The fraction of sp³-hybridized carbons (Fsp3) is 0.579. The lowest BCUT2D eigenvalue weighted by Gasteiger charge is -2.34. The zero-order valence-corrected chi connectivity index (χ0v) is 15.3. The second kappa shape index (κ2) is 8.60. The van der Waals surface area contributed by atoms with Gasteiger partial charge in [0, 0.05) is 51.4 Å². The van der Waals surface area contributed by atoms with Gasteiger partial charge in [0.1, 0.15) is 5.82 Å². The van der Waals surface area contributed by atoms with Gasteiger partial charge in [0.05, 0.1) is 13.1 Å². The van der Waals surface area contributed by atoms with Crippen molar-refractivity contribution in [1.82, 2.24) is 20.0 Å². The molecule has 1 aliphatic heterocycles. The Labute approximate surface area is 153 Å². The van der Waals surface area contributed by atoms with Crippen molar-refractivity contribution in [2.24, 2.45) is 0 Å². The zero-order chi connectivity index (χ0) is 18.5. The number of halogens is 1. The lowest BCUT2D eigenvalue weighted by atomic mass is 10.2. The van der Waals surface area contributed by atoms with Crippen LogP contribution in [0.15, 0.2) is 24.3 Å². The van der Waals surface area contributed by atoms with Gasteiger partial charge in [-0.15, -0.1) is 0 Å². The van der Waals surface area contributed by atoms with E-state index in [2.05, 4.69) is 15.1 Å². The molecule has 2 fully saturated rings. The third-order valence-electron chi connectivity index (χ3n) is 4.92. The lowest BCUT2D eigenvalue weighted by molar-refractivity contribution is -0.132. The third-order valence-corrected chi connectivity index (χ3v) is 4.92. The number of carbonyl (C=O) groups is 2. The van der Waals surface area contributed by atoms with Gasteiger partial charge in [0.2, 0.25) is 11.8 Å². The molecule has 1 saturated heterocycles. The van der Waals surface area contributed by atoms with Gasteiger partial charge >= 0.3 is 0 Å². The molecule has 2 amide bonds. The minimum Gasteiger partial charge on any atom is -0.352 e. The minimum absolute atomic E-state index is 0.0202. The fourth-order valence-electron chi connectivity index (χ4n) is 3.09. The first kappa shape index (κ1) is 18.8. The summed E-state index contributed by atoms with van der Waals surface area (Å²) in [5.41, 5.74) is 0.523. The lowest BCUT2D eigenvalue weighted by Crippen LogP contribution is -2.51. The van der Waals surface area contributed by atoms with Gasteiger partial charge in [-0.05, 0) is 18.9 Å². The molecule has 7 heteroatoms. The zero-order valence-electron chi connectivity index (χ0n) is 15.3. The molecule has 0 spiro atoms. The van der Waals surface area contributed by atoms with Crippen LogP contribution in [0, 0.1) is 5.82 Å². The van der Waals surface area contributed by atoms with Crippen molar-refractivity contribution in [3.05, 3.63) is 35.6 Å². The number of nitrogens with one attached hydrogen (secondary N) is 1. The van der Waals surface area contributed by atoms with Crippen molar-refractivity contribution in [1.29, 1.82) is 0 Å². The molecule has 1 aromatic carbocycles. The number of hydrogen-bond donors (Lipinski definition) is 1. The van der Waals surface area contributed by atoms with Crippen LogP contribution in [0.25, 0.3) is 0 Å². The summed E-state index contributed by atoms with van der Waals surface area (Å²) in [7, 11) is 1.70. The van der Waals surface area contributed by atoms with Gasteiger partial charge in [-0.1, -0.05) is 18.2 Å². The number of hydrogen-bond acceptors (Lipinski definition) is 4. The summed E-state index contributed by atoms with van der Waals surface area (Å²) >= 11 is 0. The highest BCUT2D eigenvalue weighted by atomic mass is 19.1. The van der Waals surface area contributed by atoms with Crippen molar-refractivity contribution < 1.29 is 14.0 Å². The van der Waals surface area contributed by atoms with Crippen LogP contribution in [0.2, 0.25) is 0 Å². The smallest absolute Gasteiger partial charge is 0.236 e. The second-order valence-electron chi connectivity index (χ2n) is 7.24. The van der Waals surface area contributed by atoms with Gasteiger partial charge in [-0.25, -0.2) is 4.39 Å². The van der Waals surface area contributed by atoms with E-state index in [1.807, 2.05) is 0 Å². The Kier molecular flexibility index (Phi) is 6.21. The summed E-state index contributed by atoms with van der Waals surface area (Å²) in [5.74, 6) is -0.208. The second-order valence-corrected chi connectivity index (χ2v) is 7.24. The Morgan fingerprint density at radius 2 is 1.73 bits per heavy atom. The number of nitrogens with zero attached hydrogens (tertiary/aromatic N) is 3. The number of amides is 2. The predicted octanol–water partition coefficient (Wildman–Crippen LogP) is 0.680. The molecule has 0 bridgehead atoms. The van der Waals surface area contributed by atoms with Crippen LogP contribution < -0.4 is 5.32 Å². The summed E-state index contributed by atoms with van der Waals surface area (Å²) in [5, 5.41) is 3.00. The molecular formula is C19H27FN4O2. The number of piperazine rings is 1. The molecule has 1 heterocycles. The molecule has 0 unspecified atom stereocenters. The van der Waals surface area contributed by atoms with Crippen LogP contribution in [0.4, 0.5) is 4.39 Å². The molecule has 142 valence electrons. The molecule has 0 aromatic heterocycles. The Balaban J connectivity index is 1.38. The molecule has 3 rings (SSSR count). The molecule has 1 saturated carbocycles. The summed E-state index contributed by atoms with van der Waals surface area (Å²) in [6.07, 6.45) is 2.20. The normalized spacial score (nSPS) is 18.5. The molecule has 0 radical (unpaired) electrons. The van der Waals surface area contributed by atoms with Gasteiger partial charge in [-0.3, -0.25) is 19.4 Å². The molecule has 2 aliphatic rings. The number of carbonyl (C=O) groups excluding carboxylic acids is 2. The van der Waals surface area contributed by atoms with E-state index in [0.29, 0.717) is 24.7 Å². The van der Waals surface area contributed by atoms with E-state index in [4.69, 9.17) is 0 Å². The number of rotatable bonds is 7. The number of likely N-dealkylation sites (N-methyl/N-ethyl adjacent to an activating group) is 1. The number of benzene rings is 1. The maximum absolute atomic E-state index is 13.7. The van der Waals surface area contributed by atoms with E-state index in [9.17, 15) is 14.0 Å². The Morgan fingerprint density at radius 3 is 2.35 bits per heavy atom.